The van der Waals surface area contributed by atoms with Crippen molar-refractivity contribution in [1.82, 2.24) is 9.55 Å². The summed E-state index contributed by atoms with van der Waals surface area (Å²) in [5, 5.41) is 12.6. The number of hydrogen-bond acceptors (Lipinski definition) is 4. The van der Waals surface area contributed by atoms with Gasteiger partial charge >= 0.3 is 0 Å². The highest BCUT2D eigenvalue weighted by Crippen LogP contribution is 2.25. The highest BCUT2D eigenvalue weighted by Gasteiger charge is 2.13. The van der Waals surface area contributed by atoms with Crippen molar-refractivity contribution in [3.63, 3.8) is 0 Å². The predicted molar refractivity (Wildman–Crippen MR) is 134 cm³/mol. The number of thioether (sulfide) groups is 1. The highest BCUT2D eigenvalue weighted by molar-refractivity contribution is 7.98. The number of nitriles is 1. The van der Waals surface area contributed by atoms with E-state index in [4.69, 9.17) is 4.98 Å². The third kappa shape index (κ3) is 4.52. The van der Waals surface area contributed by atoms with Gasteiger partial charge < -0.3 is 0 Å². The number of hydrogen-bond donors (Lipinski definition) is 0. The van der Waals surface area contributed by atoms with Gasteiger partial charge in [0.1, 0.15) is 0 Å². The first-order chi connectivity index (χ1) is 16.2. The summed E-state index contributed by atoms with van der Waals surface area (Å²) < 4.78 is 1.79. The van der Waals surface area contributed by atoms with Crippen LogP contribution in [0.4, 0.5) is 0 Å². The van der Waals surface area contributed by atoms with Gasteiger partial charge in [0.25, 0.3) is 5.56 Å². The average Bonchev–Trinajstić information content (AvgIpc) is 2.87. The molecule has 1 heterocycles. The van der Waals surface area contributed by atoms with Crippen LogP contribution in [0.2, 0.25) is 0 Å². The molecule has 0 fully saturated rings. The molecular weight excluding hydrogens is 426 g/mol. The Bertz CT molecular complexity index is 1550. The molecule has 4 nitrogen and oxygen atoms in total. The Balaban J connectivity index is 1.56. The minimum atomic E-state index is -0.0186. The Kier molecular flexibility index (Phi) is 5.93. The van der Waals surface area contributed by atoms with Gasteiger partial charge in [-0.15, -0.1) is 0 Å². The van der Waals surface area contributed by atoms with Gasteiger partial charge in [-0.25, -0.2) is 4.98 Å². The molecule has 1 aromatic heterocycles. The molecule has 0 saturated carbocycles. The van der Waals surface area contributed by atoms with E-state index >= 15 is 0 Å². The molecule has 0 spiro atoms. The van der Waals surface area contributed by atoms with E-state index in [0.717, 1.165) is 22.8 Å². The number of aromatic nitrogens is 2. The zero-order chi connectivity index (χ0) is 22.6. The Morgan fingerprint density at radius 3 is 2.36 bits per heavy atom. The molecule has 0 amide bonds. The lowest BCUT2D eigenvalue weighted by molar-refractivity contribution is 0.595. The van der Waals surface area contributed by atoms with E-state index in [9.17, 15) is 10.1 Å². The minimum Gasteiger partial charge on any atom is -0.287 e. The number of rotatable bonds is 6. The van der Waals surface area contributed by atoms with Crippen LogP contribution < -0.4 is 5.56 Å². The third-order valence-electron chi connectivity index (χ3n) is 5.68. The second-order valence-electron chi connectivity index (χ2n) is 7.90. The molecule has 0 aliphatic heterocycles. The van der Waals surface area contributed by atoms with E-state index in [1.807, 2.05) is 72.8 Å². The maximum atomic E-state index is 13.6. The Morgan fingerprint density at radius 1 is 0.848 bits per heavy atom. The van der Waals surface area contributed by atoms with Crippen LogP contribution >= 0.6 is 11.8 Å². The van der Waals surface area contributed by atoms with Gasteiger partial charge in [-0.2, -0.15) is 5.26 Å². The molecule has 0 radical (unpaired) electrons. The van der Waals surface area contributed by atoms with Crippen LogP contribution in [0, 0.1) is 11.3 Å². The molecule has 0 aliphatic rings. The lowest BCUT2D eigenvalue weighted by atomic mass is 10.1. The largest absolute Gasteiger partial charge is 0.287 e. The SMILES string of the molecule is N#Cc1cccc(CSc2nc3cc4ccccc4cc3c(=O)n2CCc2ccccc2)c1. The van der Waals surface area contributed by atoms with Gasteiger partial charge in [0, 0.05) is 12.3 Å². The summed E-state index contributed by atoms with van der Waals surface area (Å²) >= 11 is 1.53. The highest BCUT2D eigenvalue weighted by atomic mass is 32.2. The van der Waals surface area contributed by atoms with Gasteiger partial charge in [0.2, 0.25) is 0 Å². The molecule has 160 valence electrons. The van der Waals surface area contributed by atoms with Gasteiger partial charge in [0.15, 0.2) is 5.16 Å². The third-order valence-corrected chi connectivity index (χ3v) is 6.73. The molecule has 5 heteroatoms. The van der Waals surface area contributed by atoms with Crippen LogP contribution in [0.1, 0.15) is 16.7 Å². The molecule has 0 unspecified atom stereocenters. The van der Waals surface area contributed by atoms with Gasteiger partial charge in [-0.3, -0.25) is 9.36 Å². The van der Waals surface area contributed by atoms with Crippen LogP contribution in [-0.2, 0) is 18.7 Å². The van der Waals surface area contributed by atoms with Crippen molar-refractivity contribution in [2.75, 3.05) is 0 Å². The summed E-state index contributed by atoms with van der Waals surface area (Å²) in [6, 6.07) is 31.9. The second kappa shape index (κ2) is 9.32. The quantitative estimate of drug-likeness (QED) is 0.183. The van der Waals surface area contributed by atoms with E-state index in [1.54, 1.807) is 10.6 Å². The van der Waals surface area contributed by atoms with Crippen molar-refractivity contribution < 1.29 is 0 Å². The monoisotopic (exact) mass is 447 g/mol. The summed E-state index contributed by atoms with van der Waals surface area (Å²) in [4.78, 5) is 18.5. The lowest BCUT2D eigenvalue weighted by Crippen LogP contribution is -2.24. The fourth-order valence-corrected chi connectivity index (χ4v) is 4.93. The van der Waals surface area contributed by atoms with E-state index in [-0.39, 0.29) is 5.56 Å². The van der Waals surface area contributed by atoms with Crippen LogP contribution in [-0.4, -0.2) is 9.55 Å². The molecule has 0 atom stereocenters. The molecule has 0 aliphatic carbocycles. The molecule has 4 aromatic carbocycles. The van der Waals surface area contributed by atoms with Gasteiger partial charge in [-0.05, 0) is 52.6 Å². The summed E-state index contributed by atoms with van der Waals surface area (Å²) in [6.45, 7) is 0.555. The number of benzene rings is 4. The molecule has 0 saturated heterocycles. The first-order valence-electron chi connectivity index (χ1n) is 10.8. The Labute approximate surface area is 196 Å². The number of aryl methyl sites for hydroxylation is 1. The smallest absolute Gasteiger partial charge is 0.262 e. The van der Waals surface area contributed by atoms with E-state index in [0.29, 0.717) is 33.9 Å². The fraction of sp³-hybridized carbons (Fsp3) is 0.107. The summed E-state index contributed by atoms with van der Waals surface area (Å²) in [6.07, 6.45) is 0.749. The number of fused-ring (bicyclic) bond motifs is 2. The van der Waals surface area contributed by atoms with Crippen molar-refractivity contribution in [2.45, 2.75) is 23.9 Å². The first-order valence-corrected chi connectivity index (χ1v) is 11.8. The average molecular weight is 448 g/mol. The maximum Gasteiger partial charge on any atom is 0.262 e. The lowest BCUT2D eigenvalue weighted by Gasteiger charge is -2.14. The summed E-state index contributed by atoms with van der Waals surface area (Å²) in [7, 11) is 0. The molecule has 5 rings (SSSR count). The van der Waals surface area contributed by atoms with E-state index in [2.05, 4.69) is 18.2 Å². The zero-order valence-electron chi connectivity index (χ0n) is 17.9. The minimum absolute atomic E-state index is 0.0186. The Morgan fingerprint density at radius 2 is 1.58 bits per heavy atom. The van der Waals surface area contributed by atoms with Crippen molar-refractivity contribution in [1.29, 1.82) is 5.26 Å². The normalized spacial score (nSPS) is 11.0. The number of nitrogens with zero attached hydrogens (tertiary/aromatic N) is 3. The topological polar surface area (TPSA) is 58.7 Å². The predicted octanol–water partition coefficient (Wildman–Crippen LogP) is 5.96. The standard InChI is InChI=1S/C28H21N3OS/c29-18-21-9-6-10-22(15-21)19-33-28-30-26-17-24-12-5-4-11-23(24)16-25(26)27(32)31(28)14-13-20-7-2-1-3-8-20/h1-12,15-17H,13-14,19H2. The molecule has 0 bridgehead atoms. The van der Waals surface area contributed by atoms with E-state index < -0.39 is 0 Å². The van der Waals surface area contributed by atoms with Crippen LogP contribution in [0.3, 0.4) is 0 Å². The van der Waals surface area contributed by atoms with Crippen LogP contribution in [0.25, 0.3) is 21.7 Å². The maximum absolute atomic E-state index is 13.6. The Hall–Kier alpha value is -3.88. The molecule has 0 N–H and O–H groups in total. The fourth-order valence-electron chi connectivity index (χ4n) is 3.96. The molecule has 33 heavy (non-hydrogen) atoms. The second-order valence-corrected chi connectivity index (χ2v) is 8.85. The molecule has 5 aromatic rings. The van der Waals surface area contributed by atoms with Crippen molar-refractivity contribution in [3.05, 3.63) is 118 Å². The summed E-state index contributed by atoms with van der Waals surface area (Å²) in [5.74, 6) is 0.631. The van der Waals surface area contributed by atoms with E-state index in [1.165, 1.54) is 17.3 Å². The van der Waals surface area contributed by atoms with Gasteiger partial charge in [0.05, 0.1) is 22.5 Å². The van der Waals surface area contributed by atoms with Crippen molar-refractivity contribution >= 4 is 33.4 Å². The zero-order valence-corrected chi connectivity index (χ0v) is 18.8. The van der Waals surface area contributed by atoms with Crippen molar-refractivity contribution in [2.24, 2.45) is 0 Å². The van der Waals surface area contributed by atoms with Crippen LogP contribution in [0.5, 0.6) is 0 Å². The first kappa shape index (κ1) is 21.0. The van der Waals surface area contributed by atoms with Crippen LogP contribution in [0.15, 0.2) is 101 Å². The van der Waals surface area contributed by atoms with Crippen molar-refractivity contribution in [3.8, 4) is 6.07 Å². The van der Waals surface area contributed by atoms with Gasteiger partial charge in [-0.1, -0.05) is 78.5 Å². The molecular formula is C28H21N3OS. The summed E-state index contributed by atoms with van der Waals surface area (Å²) in [5.41, 5.74) is 3.53.